The largest absolute Gasteiger partial charge is 0.369 e. The molecule has 3 N–H and O–H groups in total. The molecule has 0 unspecified atom stereocenters. The highest BCUT2D eigenvalue weighted by atomic mass is 16.6. The maximum Gasteiger partial charge on any atom is 0.368 e. The number of nitrogens with two attached hydrogens (primary N) is 1. The Kier molecular flexibility index (Phi) is 4.06. The molecule has 1 aliphatic rings. The summed E-state index contributed by atoms with van der Waals surface area (Å²) in [5.41, 5.74) is 5.62. The van der Waals surface area contributed by atoms with E-state index in [1.165, 1.54) is 10.7 Å². The number of imidazole rings is 1. The topological polar surface area (TPSA) is 132 Å². The summed E-state index contributed by atoms with van der Waals surface area (Å²) in [6.07, 6.45) is 2.88. The van der Waals surface area contributed by atoms with E-state index in [4.69, 9.17) is 5.73 Å². The number of fused-ring (bicyclic) bond motifs is 1. The standard InChI is InChI=1S/C13H17N7O3/c14-10(21)8-18-5-3-9(4-6-18)16-11-1-2-12-15-7-13(20(22)23)19(12)17-11/h1-2,7,9H,3-6,8H2,(H2,14,21)(H,16,17). The summed E-state index contributed by atoms with van der Waals surface area (Å²) < 4.78 is 1.21. The minimum atomic E-state index is -0.515. The van der Waals surface area contributed by atoms with E-state index in [9.17, 15) is 14.9 Å². The van der Waals surface area contributed by atoms with Crippen LogP contribution < -0.4 is 11.1 Å². The molecule has 0 atom stereocenters. The molecule has 122 valence electrons. The first-order chi connectivity index (χ1) is 11.0. The molecule has 10 nitrogen and oxygen atoms in total. The number of piperidine rings is 1. The lowest BCUT2D eigenvalue weighted by molar-refractivity contribution is -0.391. The molecular formula is C13H17N7O3. The van der Waals surface area contributed by atoms with Crippen molar-refractivity contribution in [1.29, 1.82) is 0 Å². The van der Waals surface area contributed by atoms with Crippen LogP contribution in [-0.2, 0) is 4.79 Å². The number of nitro groups is 1. The summed E-state index contributed by atoms with van der Waals surface area (Å²) in [6, 6.07) is 3.64. The normalized spacial score (nSPS) is 16.5. The maximum atomic E-state index is 10.9. The number of nitrogens with one attached hydrogen (secondary N) is 1. The highest BCUT2D eigenvalue weighted by molar-refractivity contribution is 5.75. The van der Waals surface area contributed by atoms with Gasteiger partial charge in [-0.3, -0.25) is 9.69 Å². The van der Waals surface area contributed by atoms with Gasteiger partial charge in [0.25, 0.3) is 0 Å². The average molecular weight is 319 g/mol. The van der Waals surface area contributed by atoms with Crippen molar-refractivity contribution in [2.75, 3.05) is 25.0 Å². The molecule has 0 radical (unpaired) electrons. The van der Waals surface area contributed by atoms with Crippen molar-refractivity contribution in [2.24, 2.45) is 5.73 Å². The molecule has 2 aromatic heterocycles. The zero-order valence-electron chi connectivity index (χ0n) is 12.4. The molecule has 0 spiro atoms. The molecule has 10 heteroatoms. The van der Waals surface area contributed by atoms with E-state index in [2.05, 4.69) is 15.4 Å². The minimum absolute atomic E-state index is 0.167. The van der Waals surface area contributed by atoms with Crippen LogP contribution in [0, 0.1) is 10.1 Å². The van der Waals surface area contributed by atoms with Gasteiger partial charge in [-0.1, -0.05) is 9.61 Å². The van der Waals surface area contributed by atoms with Crippen molar-refractivity contribution < 1.29 is 9.72 Å². The molecule has 1 amide bonds. The van der Waals surface area contributed by atoms with E-state index in [0.29, 0.717) is 11.5 Å². The number of primary amides is 1. The number of rotatable bonds is 5. The van der Waals surface area contributed by atoms with Crippen molar-refractivity contribution in [3.63, 3.8) is 0 Å². The monoisotopic (exact) mass is 319 g/mol. The zero-order valence-corrected chi connectivity index (χ0v) is 12.4. The Morgan fingerprint density at radius 2 is 2.17 bits per heavy atom. The van der Waals surface area contributed by atoms with Gasteiger partial charge in [0.2, 0.25) is 11.6 Å². The smallest absolute Gasteiger partial charge is 0.368 e. The average Bonchev–Trinajstić information content (AvgIpc) is 2.92. The van der Waals surface area contributed by atoms with Crippen LogP contribution in [0.15, 0.2) is 18.3 Å². The number of carbonyl (C=O) groups is 1. The molecule has 0 aromatic carbocycles. The van der Waals surface area contributed by atoms with Crippen LogP contribution in [0.25, 0.3) is 5.65 Å². The van der Waals surface area contributed by atoms with Crippen LogP contribution in [0.4, 0.5) is 11.6 Å². The van der Waals surface area contributed by atoms with Gasteiger partial charge in [-0.05, 0) is 23.8 Å². The van der Waals surface area contributed by atoms with Gasteiger partial charge in [0.05, 0.1) is 6.54 Å². The molecule has 23 heavy (non-hydrogen) atoms. The summed E-state index contributed by atoms with van der Waals surface area (Å²) in [7, 11) is 0. The van der Waals surface area contributed by atoms with Crippen LogP contribution in [0.2, 0.25) is 0 Å². The van der Waals surface area contributed by atoms with Gasteiger partial charge < -0.3 is 21.2 Å². The molecule has 2 aromatic rings. The third kappa shape index (κ3) is 3.37. The highest BCUT2D eigenvalue weighted by Gasteiger charge is 2.21. The Labute approximate surface area is 131 Å². The third-order valence-electron chi connectivity index (χ3n) is 3.85. The summed E-state index contributed by atoms with van der Waals surface area (Å²) in [5, 5.41) is 18.5. The van der Waals surface area contributed by atoms with Gasteiger partial charge >= 0.3 is 5.82 Å². The molecule has 0 saturated carbocycles. The summed E-state index contributed by atoms with van der Waals surface area (Å²) in [5.74, 6) is 0.0721. The number of amides is 1. The first kappa shape index (κ1) is 15.2. The number of aromatic nitrogens is 3. The van der Waals surface area contributed by atoms with Crippen LogP contribution in [0.3, 0.4) is 0 Å². The Morgan fingerprint density at radius 1 is 1.43 bits per heavy atom. The molecule has 1 aliphatic heterocycles. The fourth-order valence-corrected chi connectivity index (χ4v) is 2.73. The second-order valence-corrected chi connectivity index (χ2v) is 5.52. The first-order valence-corrected chi connectivity index (χ1v) is 7.29. The van der Waals surface area contributed by atoms with Crippen molar-refractivity contribution in [3.8, 4) is 0 Å². The number of carbonyl (C=O) groups excluding carboxylic acids is 1. The Morgan fingerprint density at radius 3 is 2.83 bits per heavy atom. The van der Waals surface area contributed by atoms with Gasteiger partial charge in [0, 0.05) is 25.2 Å². The van der Waals surface area contributed by atoms with Crippen LogP contribution >= 0.6 is 0 Å². The Balaban J connectivity index is 1.67. The van der Waals surface area contributed by atoms with Gasteiger partial charge in [0.1, 0.15) is 6.20 Å². The van der Waals surface area contributed by atoms with Crippen molar-refractivity contribution in [2.45, 2.75) is 18.9 Å². The van der Waals surface area contributed by atoms with E-state index in [-0.39, 0.29) is 24.3 Å². The summed E-state index contributed by atoms with van der Waals surface area (Å²) in [4.78, 5) is 27.3. The zero-order chi connectivity index (χ0) is 16.4. The van der Waals surface area contributed by atoms with E-state index in [1.54, 1.807) is 12.1 Å². The van der Waals surface area contributed by atoms with E-state index < -0.39 is 4.92 Å². The lowest BCUT2D eigenvalue weighted by Crippen LogP contribution is -2.43. The first-order valence-electron chi connectivity index (χ1n) is 7.29. The SMILES string of the molecule is NC(=O)CN1CCC(Nc2ccc3ncc([N+](=O)[O-])n3n2)CC1. The number of likely N-dealkylation sites (tertiary alicyclic amines) is 1. The maximum absolute atomic E-state index is 10.9. The van der Waals surface area contributed by atoms with E-state index >= 15 is 0 Å². The number of nitrogens with zero attached hydrogens (tertiary/aromatic N) is 5. The van der Waals surface area contributed by atoms with Crippen molar-refractivity contribution >= 4 is 23.2 Å². The number of anilines is 1. The number of hydrogen-bond donors (Lipinski definition) is 2. The van der Waals surface area contributed by atoms with E-state index in [1.807, 2.05) is 4.90 Å². The second-order valence-electron chi connectivity index (χ2n) is 5.52. The lowest BCUT2D eigenvalue weighted by atomic mass is 10.1. The molecule has 1 fully saturated rings. The van der Waals surface area contributed by atoms with Gasteiger partial charge in [0.15, 0.2) is 5.82 Å². The lowest BCUT2D eigenvalue weighted by Gasteiger charge is -2.31. The Hall–Kier alpha value is -2.75. The predicted octanol–water partition coefficient (Wildman–Crippen LogP) is -0.000900. The second kappa shape index (κ2) is 6.16. The molecule has 3 heterocycles. The van der Waals surface area contributed by atoms with Gasteiger partial charge in [-0.25, -0.2) is 4.98 Å². The molecule has 1 saturated heterocycles. The van der Waals surface area contributed by atoms with Crippen LogP contribution in [0.5, 0.6) is 0 Å². The fourth-order valence-electron chi connectivity index (χ4n) is 2.73. The fraction of sp³-hybridized carbons (Fsp3) is 0.462. The van der Waals surface area contributed by atoms with Crippen LogP contribution in [-0.4, -0.2) is 56.0 Å². The summed E-state index contributed by atoms with van der Waals surface area (Å²) >= 11 is 0. The quantitative estimate of drug-likeness (QED) is 0.585. The molecule has 0 aliphatic carbocycles. The van der Waals surface area contributed by atoms with Crippen LogP contribution in [0.1, 0.15) is 12.8 Å². The molecule has 3 rings (SSSR count). The predicted molar refractivity (Wildman–Crippen MR) is 81.9 cm³/mol. The van der Waals surface area contributed by atoms with Gasteiger partial charge in [-0.15, -0.1) is 0 Å². The Bertz CT molecular complexity index is 736. The molecule has 0 bridgehead atoms. The van der Waals surface area contributed by atoms with Crippen molar-refractivity contribution in [3.05, 3.63) is 28.4 Å². The highest BCUT2D eigenvalue weighted by Crippen LogP contribution is 2.18. The number of hydrogen-bond acceptors (Lipinski definition) is 7. The summed E-state index contributed by atoms with van der Waals surface area (Å²) in [6.45, 7) is 1.82. The van der Waals surface area contributed by atoms with Crippen molar-refractivity contribution in [1.82, 2.24) is 19.5 Å². The third-order valence-corrected chi connectivity index (χ3v) is 3.85. The van der Waals surface area contributed by atoms with Gasteiger partial charge in [-0.2, -0.15) is 0 Å². The van der Waals surface area contributed by atoms with E-state index in [0.717, 1.165) is 25.9 Å². The minimum Gasteiger partial charge on any atom is -0.369 e. The molecular weight excluding hydrogens is 302 g/mol.